The maximum absolute atomic E-state index is 12.9. The van der Waals surface area contributed by atoms with Crippen molar-refractivity contribution in [1.82, 2.24) is 10.3 Å². The molecule has 0 aliphatic rings. The summed E-state index contributed by atoms with van der Waals surface area (Å²) in [4.78, 5) is 17.7. The summed E-state index contributed by atoms with van der Waals surface area (Å²) in [6, 6.07) is 13.8. The topological polar surface area (TPSA) is 51.2 Å². The first kappa shape index (κ1) is 18.1. The minimum absolute atomic E-state index is 0.0849. The number of nitrogens with one attached hydrogen (secondary N) is 1. The molecule has 4 nitrogen and oxygen atoms in total. The van der Waals surface area contributed by atoms with Crippen molar-refractivity contribution in [2.75, 3.05) is 7.11 Å². The zero-order valence-corrected chi connectivity index (χ0v) is 15.4. The Balaban J connectivity index is 1.65. The highest BCUT2D eigenvalue weighted by Crippen LogP contribution is 2.30. The molecule has 1 N–H and O–H groups in total. The SMILES string of the molecule is COc1cccc(-c2nc(C)c(CC(=O)NCc3ccc(F)cc3)s2)c1. The van der Waals surface area contributed by atoms with E-state index in [0.29, 0.717) is 6.54 Å². The number of aromatic nitrogens is 1. The minimum Gasteiger partial charge on any atom is -0.497 e. The largest absolute Gasteiger partial charge is 0.497 e. The molecule has 0 radical (unpaired) electrons. The predicted molar refractivity (Wildman–Crippen MR) is 101 cm³/mol. The molecule has 26 heavy (non-hydrogen) atoms. The van der Waals surface area contributed by atoms with Crippen molar-refractivity contribution < 1.29 is 13.9 Å². The molecule has 0 aliphatic carbocycles. The molecule has 2 aromatic carbocycles. The fourth-order valence-corrected chi connectivity index (χ4v) is 3.54. The summed E-state index contributed by atoms with van der Waals surface area (Å²) in [5, 5.41) is 3.72. The molecular formula is C20H19FN2O2S. The van der Waals surface area contributed by atoms with E-state index in [4.69, 9.17) is 4.74 Å². The number of amides is 1. The van der Waals surface area contributed by atoms with Crippen LogP contribution in [-0.4, -0.2) is 18.0 Å². The molecule has 0 atom stereocenters. The Bertz CT molecular complexity index is 906. The van der Waals surface area contributed by atoms with E-state index in [0.717, 1.165) is 32.5 Å². The van der Waals surface area contributed by atoms with Gasteiger partial charge in [0.25, 0.3) is 0 Å². The molecule has 1 heterocycles. The number of hydrogen-bond acceptors (Lipinski definition) is 4. The van der Waals surface area contributed by atoms with Gasteiger partial charge in [-0.2, -0.15) is 0 Å². The maximum atomic E-state index is 12.9. The van der Waals surface area contributed by atoms with Gasteiger partial charge in [0, 0.05) is 17.0 Å². The summed E-state index contributed by atoms with van der Waals surface area (Å²) < 4.78 is 18.2. The first-order valence-corrected chi connectivity index (χ1v) is 8.98. The van der Waals surface area contributed by atoms with Crippen molar-refractivity contribution >= 4 is 17.2 Å². The van der Waals surface area contributed by atoms with Crippen molar-refractivity contribution in [3.05, 3.63) is 70.5 Å². The number of ether oxygens (including phenoxy) is 1. The van der Waals surface area contributed by atoms with Crippen LogP contribution in [0.5, 0.6) is 5.75 Å². The average Bonchev–Trinajstić information content (AvgIpc) is 3.02. The number of carbonyl (C=O) groups excluding carboxylic acids is 1. The average molecular weight is 370 g/mol. The molecule has 0 aliphatic heterocycles. The van der Waals surface area contributed by atoms with Crippen LogP contribution in [0.15, 0.2) is 48.5 Å². The number of thiazole rings is 1. The summed E-state index contributed by atoms with van der Waals surface area (Å²) in [7, 11) is 1.63. The number of halogens is 1. The van der Waals surface area contributed by atoms with Gasteiger partial charge in [-0.25, -0.2) is 9.37 Å². The number of carbonyl (C=O) groups is 1. The van der Waals surface area contributed by atoms with E-state index in [1.165, 1.54) is 23.5 Å². The third kappa shape index (κ3) is 4.46. The first-order valence-electron chi connectivity index (χ1n) is 8.17. The summed E-state index contributed by atoms with van der Waals surface area (Å²) in [5.74, 6) is 0.401. The maximum Gasteiger partial charge on any atom is 0.225 e. The fourth-order valence-electron chi connectivity index (χ4n) is 2.48. The Morgan fingerprint density at radius 3 is 2.73 bits per heavy atom. The van der Waals surface area contributed by atoms with Crippen LogP contribution in [0.25, 0.3) is 10.6 Å². The number of nitrogens with zero attached hydrogens (tertiary/aromatic N) is 1. The molecule has 0 fully saturated rings. The Morgan fingerprint density at radius 2 is 2.00 bits per heavy atom. The van der Waals surface area contributed by atoms with E-state index < -0.39 is 0 Å². The van der Waals surface area contributed by atoms with Crippen LogP contribution in [-0.2, 0) is 17.8 Å². The van der Waals surface area contributed by atoms with Crippen LogP contribution in [0.3, 0.4) is 0 Å². The lowest BCUT2D eigenvalue weighted by molar-refractivity contribution is -0.120. The predicted octanol–water partition coefficient (Wildman–Crippen LogP) is 4.13. The van der Waals surface area contributed by atoms with E-state index in [9.17, 15) is 9.18 Å². The van der Waals surface area contributed by atoms with Crippen LogP contribution in [0.4, 0.5) is 4.39 Å². The zero-order chi connectivity index (χ0) is 18.5. The molecule has 0 saturated heterocycles. The number of benzene rings is 2. The van der Waals surface area contributed by atoms with Gasteiger partial charge in [0.1, 0.15) is 16.6 Å². The lowest BCUT2D eigenvalue weighted by Crippen LogP contribution is -2.24. The van der Waals surface area contributed by atoms with Crippen molar-refractivity contribution in [3.8, 4) is 16.3 Å². The molecule has 6 heteroatoms. The van der Waals surface area contributed by atoms with Crippen molar-refractivity contribution in [1.29, 1.82) is 0 Å². The van der Waals surface area contributed by atoms with Crippen molar-refractivity contribution in [3.63, 3.8) is 0 Å². The quantitative estimate of drug-likeness (QED) is 0.710. The second kappa shape index (κ2) is 8.10. The van der Waals surface area contributed by atoms with E-state index in [1.807, 2.05) is 31.2 Å². The Labute approximate surface area is 155 Å². The molecule has 1 aromatic heterocycles. The normalized spacial score (nSPS) is 10.6. The minimum atomic E-state index is -0.287. The van der Waals surface area contributed by atoms with Crippen LogP contribution < -0.4 is 10.1 Å². The Hall–Kier alpha value is -2.73. The molecule has 0 bridgehead atoms. The Kier molecular flexibility index (Phi) is 5.63. The lowest BCUT2D eigenvalue weighted by atomic mass is 10.2. The van der Waals surface area contributed by atoms with Gasteiger partial charge >= 0.3 is 0 Å². The van der Waals surface area contributed by atoms with Gasteiger partial charge in [0.2, 0.25) is 5.91 Å². The fraction of sp³-hybridized carbons (Fsp3) is 0.200. The third-order valence-electron chi connectivity index (χ3n) is 3.93. The van der Waals surface area contributed by atoms with Crippen LogP contribution in [0, 0.1) is 12.7 Å². The monoisotopic (exact) mass is 370 g/mol. The number of rotatable bonds is 6. The smallest absolute Gasteiger partial charge is 0.225 e. The standard InChI is InChI=1S/C20H19FN2O2S/c1-13-18(11-19(24)22-12-14-6-8-16(21)9-7-14)26-20(23-13)15-4-3-5-17(10-15)25-2/h3-10H,11-12H2,1-2H3,(H,22,24). The number of aryl methyl sites for hydroxylation is 1. The van der Waals surface area contributed by atoms with Gasteiger partial charge in [-0.15, -0.1) is 11.3 Å². The Morgan fingerprint density at radius 1 is 1.23 bits per heavy atom. The molecule has 0 unspecified atom stereocenters. The number of hydrogen-bond donors (Lipinski definition) is 1. The van der Waals surface area contributed by atoms with Gasteiger partial charge in [-0.3, -0.25) is 4.79 Å². The summed E-state index contributed by atoms with van der Waals surface area (Å²) in [6.45, 7) is 2.28. The second-order valence-electron chi connectivity index (χ2n) is 5.84. The highest BCUT2D eigenvalue weighted by Gasteiger charge is 2.13. The van der Waals surface area contributed by atoms with E-state index in [1.54, 1.807) is 19.2 Å². The van der Waals surface area contributed by atoms with Gasteiger partial charge in [0.05, 0.1) is 19.2 Å². The van der Waals surface area contributed by atoms with Crippen LogP contribution >= 0.6 is 11.3 Å². The number of methoxy groups -OCH3 is 1. The van der Waals surface area contributed by atoms with Crippen molar-refractivity contribution in [2.45, 2.75) is 19.9 Å². The van der Waals surface area contributed by atoms with E-state index in [-0.39, 0.29) is 18.1 Å². The summed E-state index contributed by atoms with van der Waals surface area (Å²) in [6.07, 6.45) is 0.272. The third-order valence-corrected chi connectivity index (χ3v) is 5.14. The van der Waals surface area contributed by atoms with Gasteiger partial charge in [-0.05, 0) is 36.8 Å². The molecular weight excluding hydrogens is 351 g/mol. The molecule has 1 amide bonds. The highest BCUT2D eigenvalue weighted by atomic mass is 32.1. The summed E-state index contributed by atoms with van der Waals surface area (Å²) >= 11 is 1.51. The van der Waals surface area contributed by atoms with E-state index in [2.05, 4.69) is 10.3 Å². The molecule has 0 saturated carbocycles. The van der Waals surface area contributed by atoms with Gasteiger partial charge in [0.15, 0.2) is 0 Å². The molecule has 3 aromatic rings. The highest BCUT2D eigenvalue weighted by molar-refractivity contribution is 7.15. The van der Waals surface area contributed by atoms with Crippen molar-refractivity contribution in [2.24, 2.45) is 0 Å². The zero-order valence-electron chi connectivity index (χ0n) is 14.6. The lowest BCUT2D eigenvalue weighted by Gasteiger charge is -2.04. The molecule has 134 valence electrons. The first-order chi connectivity index (χ1) is 12.5. The summed E-state index contributed by atoms with van der Waals surface area (Å²) in [5.41, 5.74) is 2.68. The van der Waals surface area contributed by atoms with Gasteiger partial charge < -0.3 is 10.1 Å². The van der Waals surface area contributed by atoms with Crippen LogP contribution in [0.1, 0.15) is 16.1 Å². The van der Waals surface area contributed by atoms with Gasteiger partial charge in [-0.1, -0.05) is 24.3 Å². The molecule has 3 rings (SSSR count). The molecule has 0 spiro atoms. The second-order valence-corrected chi connectivity index (χ2v) is 6.92. The van der Waals surface area contributed by atoms with E-state index >= 15 is 0 Å². The van der Waals surface area contributed by atoms with Crippen LogP contribution in [0.2, 0.25) is 0 Å².